The van der Waals surface area contributed by atoms with E-state index in [1.54, 1.807) is 0 Å². The van der Waals surface area contributed by atoms with E-state index in [1.165, 1.54) is 0 Å². The Labute approximate surface area is 76.1 Å². The highest BCUT2D eigenvalue weighted by Gasteiger charge is 2.42. The third-order valence-electron chi connectivity index (χ3n) is 2.33. The standard InChI is InChI=1S/C8H15F3N2/c1-6(2)13-4-3-12-7(5-13)8(9,10)11/h6-7,12H,3-5H2,1-2H3. The fraction of sp³-hybridized carbons (Fsp3) is 1.00. The van der Waals surface area contributed by atoms with E-state index in [1.807, 2.05) is 18.7 Å². The van der Waals surface area contributed by atoms with E-state index in [0.717, 1.165) is 0 Å². The summed E-state index contributed by atoms with van der Waals surface area (Å²) >= 11 is 0. The van der Waals surface area contributed by atoms with Crippen LogP contribution in [0.4, 0.5) is 13.2 Å². The van der Waals surface area contributed by atoms with Gasteiger partial charge in [-0.25, -0.2) is 0 Å². The van der Waals surface area contributed by atoms with Crippen molar-refractivity contribution in [2.45, 2.75) is 32.1 Å². The van der Waals surface area contributed by atoms with Gasteiger partial charge in [-0.2, -0.15) is 13.2 Å². The number of nitrogens with zero attached hydrogens (tertiary/aromatic N) is 1. The molecule has 0 aromatic carbocycles. The molecule has 0 amide bonds. The Morgan fingerprint density at radius 2 is 2.00 bits per heavy atom. The molecule has 2 nitrogen and oxygen atoms in total. The van der Waals surface area contributed by atoms with E-state index >= 15 is 0 Å². The van der Waals surface area contributed by atoms with Crippen molar-refractivity contribution in [3.05, 3.63) is 0 Å². The van der Waals surface area contributed by atoms with E-state index in [0.29, 0.717) is 13.1 Å². The van der Waals surface area contributed by atoms with E-state index in [4.69, 9.17) is 0 Å². The van der Waals surface area contributed by atoms with Crippen molar-refractivity contribution in [1.82, 2.24) is 10.2 Å². The quantitative estimate of drug-likeness (QED) is 0.678. The third kappa shape index (κ3) is 2.84. The first-order valence-electron chi connectivity index (χ1n) is 4.45. The molecule has 13 heavy (non-hydrogen) atoms. The second-order valence-corrected chi connectivity index (χ2v) is 3.64. The number of hydrogen-bond donors (Lipinski definition) is 1. The molecule has 1 unspecified atom stereocenters. The van der Waals surface area contributed by atoms with Gasteiger partial charge in [-0.05, 0) is 13.8 Å². The van der Waals surface area contributed by atoms with Crippen molar-refractivity contribution in [2.75, 3.05) is 19.6 Å². The normalized spacial score (nSPS) is 26.8. The SMILES string of the molecule is CC(C)N1CCNC(C(F)(F)F)C1. The molecule has 0 aromatic rings. The molecule has 0 spiro atoms. The highest BCUT2D eigenvalue weighted by molar-refractivity contribution is 4.85. The Morgan fingerprint density at radius 1 is 1.38 bits per heavy atom. The Bertz CT molecular complexity index is 167. The van der Waals surface area contributed by atoms with Gasteiger partial charge in [0.05, 0.1) is 0 Å². The maximum atomic E-state index is 12.3. The van der Waals surface area contributed by atoms with Gasteiger partial charge in [0, 0.05) is 25.7 Å². The monoisotopic (exact) mass is 196 g/mol. The van der Waals surface area contributed by atoms with Crippen LogP contribution < -0.4 is 5.32 Å². The molecule has 0 aliphatic carbocycles. The van der Waals surface area contributed by atoms with Crippen LogP contribution >= 0.6 is 0 Å². The van der Waals surface area contributed by atoms with Gasteiger partial charge in [0.25, 0.3) is 0 Å². The highest BCUT2D eigenvalue weighted by atomic mass is 19.4. The van der Waals surface area contributed by atoms with Crippen molar-refractivity contribution >= 4 is 0 Å². The molecule has 78 valence electrons. The maximum absolute atomic E-state index is 12.3. The second kappa shape index (κ2) is 3.84. The molecule has 1 atom stereocenters. The molecule has 0 saturated carbocycles. The van der Waals surface area contributed by atoms with Crippen molar-refractivity contribution in [3.8, 4) is 0 Å². The lowest BCUT2D eigenvalue weighted by Gasteiger charge is -2.36. The summed E-state index contributed by atoms with van der Waals surface area (Å²) in [4.78, 5) is 1.84. The van der Waals surface area contributed by atoms with Crippen molar-refractivity contribution in [3.63, 3.8) is 0 Å². The van der Waals surface area contributed by atoms with Crippen LogP contribution in [-0.2, 0) is 0 Å². The molecule has 1 aliphatic heterocycles. The summed E-state index contributed by atoms with van der Waals surface area (Å²) in [6.45, 7) is 5.02. The Hall–Kier alpha value is -0.290. The van der Waals surface area contributed by atoms with Gasteiger partial charge in [0.1, 0.15) is 6.04 Å². The summed E-state index contributed by atoms with van der Waals surface area (Å²) in [6.07, 6.45) is -4.12. The van der Waals surface area contributed by atoms with Crippen LogP contribution in [0.15, 0.2) is 0 Å². The molecule has 1 saturated heterocycles. The lowest BCUT2D eigenvalue weighted by Crippen LogP contribution is -2.58. The van der Waals surface area contributed by atoms with Gasteiger partial charge in [0.15, 0.2) is 0 Å². The van der Waals surface area contributed by atoms with Crippen LogP contribution in [0.3, 0.4) is 0 Å². The van der Waals surface area contributed by atoms with Crippen molar-refractivity contribution in [2.24, 2.45) is 0 Å². The Kier molecular flexibility index (Phi) is 3.18. The molecule has 0 aromatic heterocycles. The Morgan fingerprint density at radius 3 is 2.46 bits per heavy atom. The van der Waals surface area contributed by atoms with Gasteiger partial charge >= 0.3 is 6.18 Å². The summed E-state index contributed by atoms with van der Waals surface area (Å²) < 4.78 is 36.9. The van der Waals surface area contributed by atoms with E-state index in [9.17, 15) is 13.2 Å². The lowest BCUT2D eigenvalue weighted by molar-refractivity contribution is -0.165. The average Bonchev–Trinajstić information content (AvgIpc) is 2.03. The molecule has 0 radical (unpaired) electrons. The first-order chi connectivity index (χ1) is 5.91. The van der Waals surface area contributed by atoms with Crippen molar-refractivity contribution < 1.29 is 13.2 Å². The average molecular weight is 196 g/mol. The summed E-state index contributed by atoms with van der Waals surface area (Å²) in [5, 5.41) is 2.48. The van der Waals surface area contributed by atoms with Crippen LogP contribution in [0.25, 0.3) is 0 Å². The minimum atomic E-state index is -4.12. The number of halogens is 3. The summed E-state index contributed by atoms with van der Waals surface area (Å²) in [6, 6.07) is -1.17. The molecular weight excluding hydrogens is 181 g/mol. The number of hydrogen-bond acceptors (Lipinski definition) is 2. The summed E-state index contributed by atoms with van der Waals surface area (Å²) in [7, 11) is 0. The smallest absolute Gasteiger partial charge is 0.304 e. The second-order valence-electron chi connectivity index (χ2n) is 3.64. The van der Waals surface area contributed by atoms with Gasteiger partial charge in [-0.15, -0.1) is 0 Å². The van der Waals surface area contributed by atoms with Crippen LogP contribution in [0.5, 0.6) is 0 Å². The number of piperazine rings is 1. The zero-order valence-electron chi connectivity index (χ0n) is 7.86. The van der Waals surface area contributed by atoms with Crippen molar-refractivity contribution in [1.29, 1.82) is 0 Å². The van der Waals surface area contributed by atoms with Gasteiger partial charge in [-0.1, -0.05) is 0 Å². The minimum Gasteiger partial charge on any atom is -0.304 e. The fourth-order valence-electron chi connectivity index (χ4n) is 1.46. The molecular formula is C8H15F3N2. The lowest BCUT2D eigenvalue weighted by atomic mass is 10.1. The molecule has 1 aliphatic rings. The number of alkyl halides is 3. The number of rotatable bonds is 1. The highest BCUT2D eigenvalue weighted by Crippen LogP contribution is 2.22. The van der Waals surface area contributed by atoms with Crippen LogP contribution in [0.2, 0.25) is 0 Å². The summed E-state index contributed by atoms with van der Waals surface area (Å²) in [5.74, 6) is 0. The van der Waals surface area contributed by atoms with Crippen LogP contribution in [-0.4, -0.2) is 42.8 Å². The molecule has 0 bridgehead atoms. The van der Waals surface area contributed by atoms with Gasteiger partial charge in [0.2, 0.25) is 0 Å². The first-order valence-corrected chi connectivity index (χ1v) is 4.45. The van der Waals surface area contributed by atoms with E-state index < -0.39 is 12.2 Å². The zero-order valence-corrected chi connectivity index (χ0v) is 7.86. The molecule has 1 heterocycles. The molecule has 1 fully saturated rings. The van der Waals surface area contributed by atoms with Crippen LogP contribution in [0, 0.1) is 0 Å². The van der Waals surface area contributed by atoms with E-state index in [2.05, 4.69) is 5.32 Å². The number of nitrogens with one attached hydrogen (secondary N) is 1. The maximum Gasteiger partial charge on any atom is 0.405 e. The summed E-state index contributed by atoms with van der Waals surface area (Å²) in [5.41, 5.74) is 0. The largest absolute Gasteiger partial charge is 0.405 e. The van der Waals surface area contributed by atoms with E-state index in [-0.39, 0.29) is 12.6 Å². The van der Waals surface area contributed by atoms with Crippen LogP contribution in [0.1, 0.15) is 13.8 Å². The zero-order chi connectivity index (χ0) is 10.1. The molecule has 1 rings (SSSR count). The predicted molar refractivity (Wildman–Crippen MR) is 44.6 cm³/mol. The minimum absolute atomic E-state index is 0.0706. The first kappa shape index (κ1) is 10.8. The fourth-order valence-corrected chi connectivity index (χ4v) is 1.46. The van der Waals surface area contributed by atoms with Gasteiger partial charge in [-0.3, -0.25) is 4.90 Å². The molecule has 5 heteroatoms. The van der Waals surface area contributed by atoms with Gasteiger partial charge < -0.3 is 5.32 Å². The molecule has 1 N–H and O–H groups in total. The topological polar surface area (TPSA) is 15.3 Å². The third-order valence-corrected chi connectivity index (χ3v) is 2.33. The predicted octanol–water partition coefficient (Wildman–Crippen LogP) is 1.23. The Balaban J connectivity index is 2.52.